The molecule has 19 heteroatoms. The highest BCUT2D eigenvalue weighted by Crippen LogP contribution is 2.26. The number of aliphatic imine (C=N–C) groups is 1. The Hall–Kier alpha value is -5.30. The molecule has 0 aliphatic carbocycles. The minimum atomic E-state index is -1.55. The summed E-state index contributed by atoms with van der Waals surface area (Å²) in [5.74, 6) is -6.12. The predicted octanol–water partition coefficient (Wildman–Crippen LogP) is -2.27. The number of carboxylic acid groups (broad SMARTS) is 2. The van der Waals surface area contributed by atoms with Crippen molar-refractivity contribution < 1.29 is 43.8 Å². The molecule has 0 bridgehead atoms. The lowest BCUT2D eigenvalue weighted by atomic mass is 10.0. The molecule has 2 fully saturated rings. The second kappa shape index (κ2) is 21.4. The number of nitrogens with zero attached hydrogens (tertiary/aromatic N) is 3. The minimum Gasteiger partial charge on any atom is -0.481 e. The minimum absolute atomic E-state index is 0.0102. The zero-order chi connectivity index (χ0) is 39.8. The zero-order valence-electron chi connectivity index (χ0n) is 30.4. The van der Waals surface area contributed by atoms with Gasteiger partial charge >= 0.3 is 11.9 Å². The lowest BCUT2D eigenvalue weighted by Gasteiger charge is -2.33. The average molecular weight is 759 g/mol. The number of hydrogen-bond acceptors (Lipinski definition) is 10. The van der Waals surface area contributed by atoms with Crippen LogP contribution in [0.15, 0.2) is 35.3 Å². The number of carbonyl (C=O) groups excluding carboxylic acids is 5. The molecule has 19 nitrogen and oxygen atoms in total. The van der Waals surface area contributed by atoms with Crippen molar-refractivity contribution >= 4 is 47.4 Å². The van der Waals surface area contributed by atoms with Crippen LogP contribution in [0, 0.1) is 0 Å². The van der Waals surface area contributed by atoms with Gasteiger partial charge in [0.2, 0.25) is 29.5 Å². The number of hydrogen-bond donors (Lipinski definition) is 9. The van der Waals surface area contributed by atoms with E-state index in [9.17, 15) is 43.8 Å². The molecule has 2 aliphatic rings. The van der Waals surface area contributed by atoms with Crippen LogP contribution in [0.25, 0.3) is 0 Å². The van der Waals surface area contributed by atoms with E-state index in [2.05, 4.69) is 20.9 Å². The second-order valence-electron chi connectivity index (χ2n) is 13.5. The maximum Gasteiger partial charge on any atom is 0.326 e. The summed E-state index contributed by atoms with van der Waals surface area (Å²) in [6.45, 7) is 0.965. The van der Waals surface area contributed by atoms with Crippen molar-refractivity contribution in [3.05, 3.63) is 35.9 Å². The molecule has 3 rings (SSSR count). The first kappa shape index (κ1) is 43.1. The van der Waals surface area contributed by atoms with Crippen molar-refractivity contribution in [2.45, 2.75) is 107 Å². The molecule has 2 aliphatic heterocycles. The fraction of sp³-hybridized carbons (Fsp3) is 0.600. The molecule has 0 unspecified atom stereocenters. The van der Waals surface area contributed by atoms with E-state index >= 15 is 0 Å². The van der Waals surface area contributed by atoms with Gasteiger partial charge in [0.15, 0.2) is 5.96 Å². The molecule has 1 aromatic rings. The van der Waals surface area contributed by atoms with Crippen molar-refractivity contribution in [1.82, 2.24) is 25.8 Å². The smallest absolute Gasteiger partial charge is 0.326 e. The van der Waals surface area contributed by atoms with E-state index in [4.69, 9.17) is 22.9 Å². The topological polar surface area (TPSA) is 319 Å². The molecular weight excluding hydrogens is 704 g/mol. The molecule has 13 N–H and O–H groups in total. The summed E-state index contributed by atoms with van der Waals surface area (Å²) in [6, 6.07) is 1.76. The third-order valence-corrected chi connectivity index (χ3v) is 9.43. The van der Waals surface area contributed by atoms with Crippen LogP contribution >= 0.6 is 0 Å². The molecule has 54 heavy (non-hydrogen) atoms. The lowest BCUT2D eigenvalue weighted by molar-refractivity contribution is -0.149. The maximum atomic E-state index is 14.3. The van der Waals surface area contributed by atoms with Gasteiger partial charge in [0.05, 0.1) is 12.5 Å². The first-order valence-corrected chi connectivity index (χ1v) is 18.2. The van der Waals surface area contributed by atoms with Crippen molar-refractivity contribution in [2.75, 3.05) is 26.2 Å². The number of benzene rings is 1. The Balaban J connectivity index is 1.78. The summed E-state index contributed by atoms with van der Waals surface area (Å²) in [5.41, 5.74) is 22.8. The van der Waals surface area contributed by atoms with E-state index in [0.717, 1.165) is 0 Å². The Labute approximate surface area is 313 Å². The van der Waals surface area contributed by atoms with Crippen LogP contribution in [0.3, 0.4) is 0 Å². The van der Waals surface area contributed by atoms with E-state index in [0.29, 0.717) is 44.2 Å². The number of likely N-dealkylation sites (tertiary alicyclic amines) is 2. The number of amides is 5. The molecule has 5 amide bonds. The standard InChI is InChI=1S/C35H54N10O9/c36-15-5-4-11-22(37)29(48)42-24(20-28(46)47)30(49)43-25(19-21-9-2-1-3-10-21)32(51)45-18-8-14-27(45)33(52)44-17-7-13-26(44)31(50)41-23(34(53)54)12-6-16-40-35(38)39/h1-3,9-10,22-27H,4-8,11-20,36-37H2,(H,41,50)(H,42,48)(H,43,49)(H,46,47)(H,53,54)(H4,38,39,40)/t22-,23-,24-,25-,26-,27-/m0/s1. The molecule has 0 saturated carbocycles. The molecule has 0 radical (unpaired) electrons. The van der Waals surface area contributed by atoms with E-state index in [1.165, 1.54) is 9.80 Å². The van der Waals surface area contributed by atoms with Gasteiger partial charge in [0, 0.05) is 26.1 Å². The number of carbonyl (C=O) groups is 7. The Morgan fingerprint density at radius 3 is 2.07 bits per heavy atom. The molecule has 0 aromatic heterocycles. The number of carboxylic acids is 2. The van der Waals surface area contributed by atoms with Gasteiger partial charge < -0.3 is 58.9 Å². The third kappa shape index (κ3) is 13.0. The molecule has 6 atom stereocenters. The summed E-state index contributed by atoms with van der Waals surface area (Å²) in [5, 5.41) is 26.8. The summed E-state index contributed by atoms with van der Waals surface area (Å²) in [6.07, 6.45) is 2.51. The molecule has 2 heterocycles. The molecule has 298 valence electrons. The van der Waals surface area contributed by atoms with Crippen LogP contribution in [-0.4, -0.2) is 130 Å². The Kier molecular flexibility index (Phi) is 17.1. The zero-order valence-corrected chi connectivity index (χ0v) is 30.4. The van der Waals surface area contributed by atoms with Gasteiger partial charge in [-0.25, -0.2) is 4.79 Å². The maximum absolute atomic E-state index is 14.3. The fourth-order valence-electron chi connectivity index (χ4n) is 6.64. The first-order valence-electron chi connectivity index (χ1n) is 18.2. The van der Waals surface area contributed by atoms with Crippen molar-refractivity contribution in [2.24, 2.45) is 27.9 Å². The van der Waals surface area contributed by atoms with Gasteiger partial charge in [-0.2, -0.15) is 0 Å². The van der Waals surface area contributed by atoms with Gasteiger partial charge in [-0.1, -0.05) is 36.8 Å². The van der Waals surface area contributed by atoms with Crippen LogP contribution in [0.4, 0.5) is 0 Å². The lowest BCUT2D eigenvalue weighted by Crippen LogP contribution is -2.59. The summed E-state index contributed by atoms with van der Waals surface area (Å²) < 4.78 is 0. The molecule has 2 saturated heterocycles. The third-order valence-electron chi connectivity index (χ3n) is 9.43. The van der Waals surface area contributed by atoms with E-state index in [1.807, 2.05) is 0 Å². The molecule has 0 spiro atoms. The number of unbranched alkanes of at least 4 members (excludes halogenated alkanes) is 1. The van der Waals surface area contributed by atoms with Gasteiger partial charge in [-0.05, 0) is 63.5 Å². The predicted molar refractivity (Wildman–Crippen MR) is 196 cm³/mol. The van der Waals surface area contributed by atoms with Crippen molar-refractivity contribution in [3.63, 3.8) is 0 Å². The SMILES string of the molecule is NCCCC[C@H](N)C(=O)N[C@@H](CC(=O)O)C(=O)N[C@@H](Cc1ccccc1)C(=O)N1CCC[C@H]1C(=O)N1CCC[C@H]1C(=O)N[C@@H](CCCN=C(N)N)C(=O)O. The Morgan fingerprint density at radius 1 is 0.796 bits per heavy atom. The van der Waals surface area contributed by atoms with E-state index < -0.39 is 84.1 Å². The summed E-state index contributed by atoms with van der Waals surface area (Å²) in [4.78, 5) is 98.3. The number of rotatable bonds is 21. The number of guanidine groups is 1. The van der Waals surface area contributed by atoms with Gasteiger partial charge in [-0.15, -0.1) is 0 Å². The van der Waals surface area contributed by atoms with E-state index in [1.54, 1.807) is 30.3 Å². The molecule has 1 aromatic carbocycles. The van der Waals surface area contributed by atoms with Crippen LogP contribution in [-0.2, 0) is 40.0 Å². The van der Waals surface area contributed by atoms with Gasteiger partial charge in [-0.3, -0.25) is 33.8 Å². The summed E-state index contributed by atoms with van der Waals surface area (Å²) >= 11 is 0. The van der Waals surface area contributed by atoms with Crippen LogP contribution in [0.5, 0.6) is 0 Å². The van der Waals surface area contributed by atoms with Crippen LogP contribution in [0.2, 0.25) is 0 Å². The Morgan fingerprint density at radius 2 is 1.44 bits per heavy atom. The number of nitrogens with two attached hydrogens (primary N) is 4. The van der Waals surface area contributed by atoms with Gasteiger partial charge in [0.25, 0.3) is 0 Å². The van der Waals surface area contributed by atoms with E-state index in [-0.39, 0.29) is 57.7 Å². The number of nitrogens with one attached hydrogen (secondary N) is 3. The Bertz CT molecular complexity index is 1510. The summed E-state index contributed by atoms with van der Waals surface area (Å²) in [7, 11) is 0. The average Bonchev–Trinajstić information content (AvgIpc) is 3.83. The normalized spacial score (nSPS) is 18.9. The van der Waals surface area contributed by atoms with Crippen LogP contribution in [0.1, 0.15) is 69.8 Å². The fourth-order valence-corrected chi connectivity index (χ4v) is 6.64. The van der Waals surface area contributed by atoms with Crippen molar-refractivity contribution in [3.8, 4) is 0 Å². The largest absolute Gasteiger partial charge is 0.481 e. The quantitative estimate of drug-likeness (QED) is 0.0364. The number of aliphatic carboxylic acids is 2. The highest BCUT2D eigenvalue weighted by atomic mass is 16.4. The first-order chi connectivity index (χ1) is 25.7. The van der Waals surface area contributed by atoms with Crippen LogP contribution < -0.4 is 38.9 Å². The second-order valence-corrected chi connectivity index (χ2v) is 13.5. The molecular formula is C35H54N10O9. The monoisotopic (exact) mass is 758 g/mol. The highest BCUT2D eigenvalue weighted by Gasteiger charge is 2.44. The van der Waals surface area contributed by atoms with Gasteiger partial charge in [0.1, 0.15) is 30.2 Å². The highest BCUT2D eigenvalue weighted by molar-refractivity contribution is 5.97. The van der Waals surface area contributed by atoms with Crippen molar-refractivity contribution in [1.29, 1.82) is 0 Å².